The topological polar surface area (TPSA) is 131 Å². The van der Waals surface area contributed by atoms with Gasteiger partial charge in [0.05, 0.1) is 30.3 Å². The molecule has 2 saturated heterocycles. The number of amides is 1. The average molecular weight is 546 g/mol. The Morgan fingerprint density at radius 2 is 1.82 bits per heavy atom. The second-order valence-corrected chi connectivity index (χ2v) is 12.6. The third-order valence-electron chi connectivity index (χ3n) is 7.20. The standard InChI is InChI=1S/C28H39N3O6S/c1-19(2)16-31(38(34,35)23-10-8-22(29)9-11-23)17-26(32)25(14-20-6-4-3-5-7-20)30-27(33)15-21-18-37-28-24(21)12-13-36-28/h3-11,19,21,24-26,28,32H,12-18,29H2,1-2H3,(H,30,33)/t21?,24?,25?,26-,28?/m1/s1. The summed E-state index contributed by atoms with van der Waals surface area (Å²) in [5, 5.41) is 14.4. The molecule has 2 aromatic carbocycles. The lowest BCUT2D eigenvalue weighted by molar-refractivity contribution is -0.124. The van der Waals surface area contributed by atoms with Gasteiger partial charge in [0.25, 0.3) is 0 Å². The molecule has 2 heterocycles. The molecule has 4 rings (SSSR count). The number of fused-ring (bicyclic) bond motifs is 1. The van der Waals surface area contributed by atoms with E-state index in [9.17, 15) is 18.3 Å². The minimum absolute atomic E-state index is 0.0249. The molecule has 2 aliphatic rings. The Morgan fingerprint density at radius 1 is 1.11 bits per heavy atom. The van der Waals surface area contributed by atoms with Crippen LogP contribution >= 0.6 is 0 Å². The molecule has 0 spiro atoms. The highest BCUT2D eigenvalue weighted by Crippen LogP contribution is 2.37. The van der Waals surface area contributed by atoms with Crippen LogP contribution in [-0.2, 0) is 30.7 Å². The van der Waals surface area contributed by atoms with Crippen molar-refractivity contribution in [2.24, 2.45) is 17.8 Å². The smallest absolute Gasteiger partial charge is 0.243 e. The number of rotatable bonds is 12. The number of nitrogens with one attached hydrogen (secondary N) is 1. The molecule has 9 nitrogen and oxygen atoms in total. The molecule has 208 valence electrons. The van der Waals surface area contributed by atoms with Gasteiger partial charge in [-0.05, 0) is 54.5 Å². The van der Waals surface area contributed by atoms with Gasteiger partial charge in [0, 0.05) is 31.1 Å². The Balaban J connectivity index is 1.51. The number of nitrogens with two attached hydrogens (primary N) is 1. The molecule has 0 radical (unpaired) electrons. The molecule has 2 fully saturated rings. The third kappa shape index (κ3) is 7.12. The van der Waals surface area contributed by atoms with Gasteiger partial charge in [0.1, 0.15) is 0 Å². The fourth-order valence-corrected chi connectivity index (χ4v) is 6.84. The lowest BCUT2D eigenvalue weighted by Gasteiger charge is -2.31. The minimum atomic E-state index is -3.90. The molecule has 2 aliphatic heterocycles. The summed E-state index contributed by atoms with van der Waals surface area (Å²) < 4.78 is 39.6. The van der Waals surface area contributed by atoms with E-state index in [1.165, 1.54) is 16.4 Å². The number of carbonyl (C=O) groups is 1. The number of sulfonamides is 1. The zero-order valence-electron chi connectivity index (χ0n) is 22.0. The van der Waals surface area contributed by atoms with Crippen molar-refractivity contribution in [1.29, 1.82) is 0 Å². The summed E-state index contributed by atoms with van der Waals surface area (Å²) in [5.41, 5.74) is 7.15. The molecule has 0 bridgehead atoms. The van der Waals surface area contributed by atoms with Crippen LogP contribution < -0.4 is 11.1 Å². The Morgan fingerprint density at radius 3 is 2.50 bits per heavy atom. The maximum absolute atomic E-state index is 13.5. The molecule has 1 amide bonds. The van der Waals surface area contributed by atoms with Crippen LogP contribution in [0.5, 0.6) is 0 Å². The fourth-order valence-electron chi connectivity index (χ4n) is 5.22. The molecule has 0 saturated carbocycles. The molecular formula is C28H39N3O6S. The van der Waals surface area contributed by atoms with Crippen molar-refractivity contribution < 1.29 is 27.8 Å². The first kappa shape index (κ1) is 28.5. The number of nitrogen functional groups attached to an aromatic ring is 1. The number of aliphatic hydroxyl groups excluding tert-OH is 1. The maximum atomic E-state index is 13.5. The lowest BCUT2D eigenvalue weighted by Crippen LogP contribution is -2.51. The number of ether oxygens (including phenoxy) is 2. The Labute approximate surface area is 225 Å². The lowest BCUT2D eigenvalue weighted by atomic mass is 9.90. The van der Waals surface area contributed by atoms with Crippen LogP contribution in [-0.4, -0.2) is 68.5 Å². The average Bonchev–Trinajstić information content (AvgIpc) is 3.49. The van der Waals surface area contributed by atoms with E-state index in [-0.39, 0.29) is 54.4 Å². The van der Waals surface area contributed by atoms with E-state index in [4.69, 9.17) is 15.2 Å². The SMILES string of the molecule is CC(C)CN(C[C@@H](O)C(Cc1ccccc1)NC(=O)CC1COC2OCCC12)S(=O)(=O)c1ccc(N)cc1. The number of benzene rings is 2. The zero-order chi connectivity index (χ0) is 27.3. The Bertz CT molecular complexity index is 1160. The van der Waals surface area contributed by atoms with Gasteiger partial charge >= 0.3 is 0 Å². The first-order valence-electron chi connectivity index (χ1n) is 13.2. The predicted octanol–water partition coefficient (Wildman–Crippen LogP) is 2.40. The molecule has 0 aliphatic carbocycles. The summed E-state index contributed by atoms with van der Waals surface area (Å²) in [6, 6.07) is 14.9. The third-order valence-corrected chi connectivity index (χ3v) is 9.04. The normalized spacial score (nSPS) is 22.9. The van der Waals surface area contributed by atoms with Gasteiger partial charge in [-0.1, -0.05) is 44.2 Å². The molecule has 0 aromatic heterocycles. The number of aliphatic hydroxyl groups is 1. The first-order valence-corrected chi connectivity index (χ1v) is 14.7. The number of hydrogen-bond donors (Lipinski definition) is 3. The Hall–Kier alpha value is -2.50. The van der Waals surface area contributed by atoms with Crippen LogP contribution in [0.25, 0.3) is 0 Å². The van der Waals surface area contributed by atoms with Gasteiger partial charge < -0.3 is 25.6 Å². The van der Waals surface area contributed by atoms with E-state index in [0.717, 1.165) is 12.0 Å². The van der Waals surface area contributed by atoms with E-state index in [2.05, 4.69) is 5.32 Å². The molecule has 4 N–H and O–H groups in total. The molecule has 10 heteroatoms. The molecular weight excluding hydrogens is 506 g/mol. The van der Waals surface area contributed by atoms with Crippen LogP contribution in [0.2, 0.25) is 0 Å². The van der Waals surface area contributed by atoms with E-state index in [0.29, 0.717) is 25.3 Å². The quantitative estimate of drug-likeness (QED) is 0.349. The van der Waals surface area contributed by atoms with Gasteiger partial charge in [0.15, 0.2) is 6.29 Å². The largest absolute Gasteiger partial charge is 0.399 e. The highest BCUT2D eigenvalue weighted by Gasteiger charge is 2.42. The summed E-state index contributed by atoms with van der Waals surface area (Å²) in [4.78, 5) is 13.3. The molecule has 2 aromatic rings. The van der Waals surface area contributed by atoms with Crippen LogP contribution in [0, 0.1) is 17.8 Å². The monoisotopic (exact) mass is 545 g/mol. The van der Waals surface area contributed by atoms with Gasteiger partial charge in [0.2, 0.25) is 15.9 Å². The molecule has 38 heavy (non-hydrogen) atoms. The van der Waals surface area contributed by atoms with E-state index < -0.39 is 22.2 Å². The van der Waals surface area contributed by atoms with E-state index in [1.807, 2.05) is 44.2 Å². The van der Waals surface area contributed by atoms with Gasteiger partial charge in [-0.25, -0.2) is 8.42 Å². The van der Waals surface area contributed by atoms with Crippen molar-refractivity contribution in [3.05, 3.63) is 60.2 Å². The number of nitrogens with zero attached hydrogens (tertiary/aromatic N) is 1. The van der Waals surface area contributed by atoms with Crippen molar-refractivity contribution in [3.63, 3.8) is 0 Å². The van der Waals surface area contributed by atoms with Crippen LogP contribution in [0.15, 0.2) is 59.5 Å². The number of carbonyl (C=O) groups excluding carboxylic acids is 1. The van der Waals surface area contributed by atoms with Crippen molar-refractivity contribution in [2.75, 3.05) is 32.0 Å². The highest BCUT2D eigenvalue weighted by atomic mass is 32.2. The second kappa shape index (κ2) is 12.6. The minimum Gasteiger partial charge on any atom is -0.399 e. The van der Waals surface area contributed by atoms with E-state index in [1.54, 1.807) is 12.1 Å². The number of anilines is 1. The summed E-state index contributed by atoms with van der Waals surface area (Å²) in [6.45, 7) is 5.01. The Kier molecular flexibility index (Phi) is 9.43. The second-order valence-electron chi connectivity index (χ2n) is 10.7. The van der Waals surface area contributed by atoms with Crippen LogP contribution in [0.3, 0.4) is 0 Å². The summed E-state index contributed by atoms with van der Waals surface area (Å²) in [6.07, 6.45) is 0.125. The van der Waals surface area contributed by atoms with Crippen molar-refractivity contribution in [1.82, 2.24) is 9.62 Å². The molecule has 4 unspecified atom stereocenters. The summed E-state index contributed by atoms with van der Waals surface area (Å²) in [7, 11) is -3.90. The van der Waals surface area contributed by atoms with Gasteiger partial charge in [-0.2, -0.15) is 4.31 Å². The van der Waals surface area contributed by atoms with Gasteiger partial charge in [-0.15, -0.1) is 0 Å². The van der Waals surface area contributed by atoms with Crippen molar-refractivity contribution in [2.45, 2.75) is 56.4 Å². The van der Waals surface area contributed by atoms with E-state index >= 15 is 0 Å². The van der Waals surface area contributed by atoms with Gasteiger partial charge in [-0.3, -0.25) is 4.79 Å². The van der Waals surface area contributed by atoms with Crippen LogP contribution in [0.4, 0.5) is 5.69 Å². The number of hydrogen-bond acceptors (Lipinski definition) is 7. The molecule has 5 atom stereocenters. The first-order chi connectivity index (χ1) is 18.1. The maximum Gasteiger partial charge on any atom is 0.243 e. The predicted molar refractivity (Wildman–Crippen MR) is 144 cm³/mol. The van der Waals surface area contributed by atoms with Crippen molar-refractivity contribution in [3.8, 4) is 0 Å². The zero-order valence-corrected chi connectivity index (χ0v) is 22.8. The summed E-state index contributed by atoms with van der Waals surface area (Å²) >= 11 is 0. The fraction of sp³-hybridized carbons (Fsp3) is 0.536. The summed E-state index contributed by atoms with van der Waals surface area (Å²) in [5.74, 6) is 0.0879. The van der Waals surface area contributed by atoms with Crippen molar-refractivity contribution >= 4 is 21.6 Å². The van der Waals surface area contributed by atoms with Crippen LogP contribution in [0.1, 0.15) is 32.3 Å². The highest BCUT2D eigenvalue weighted by molar-refractivity contribution is 7.89.